The maximum Gasteiger partial charge on any atom is 0.263 e. The summed E-state index contributed by atoms with van der Waals surface area (Å²) in [6.45, 7) is 2.67. The molecule has 0 saturated heterocycles. The van der Waals surface area contributed by atoms with Gasteiger partial charge in [-0.05, 0) is 48.9 Å². The first-order chi connectivity index (χ1) is 13.1. The number of nitrogens with one attached hydrogen (secondary N) is 1. The van der Waals surface area contributed by atoms with Crippen molar-refractivity contribution < 1.29 is 9.53 Å². The zero-order valence-corrected chi connectivity index (χ0v) is 15.6. The monoisotopic (exact) mass is 382 g/mol. The highest BCUT2D eigenvalue weighted by atomic mass is 35.5. The van der Waals surface area contributed by atoms with E-state index in [1.165, 1.54) is 10.6 Å². The normalized spacial score (nSPS) is 10.4. The molecule has 1 amide bonds. The number of carbonyl (C=O) groups is 1. The summed E-state index contributed by atoms with van der Waals surface area (Å²) >= 11 is 6.00. The quantitative estimate of drug-likeness (QED) is 0.695. The number of anilines is 1. The fraction of sp³-hybridized carbons (Fsp3) is 0.143. The molecule has 0 aliphatic heterocycles. The average molecular weight is 383 g/mol. The summed E-state index contributed by atoms with van der Waals surface area (Å²) in [4.78, 5) is 25.4. The lowest BCUT2D eigenvalue weighted by molar-refractivity contribution is 0.102. The molecule has 1 aromatic heterocycles. The van der Waals surface area contributed by atoms with Gasteiger partial charge in [-0.1, -0.05) is 35.9 Å². The number of para-hydroxylation sites is 2. The Labute approximate surface area is 162 Å². The van der Waals surface area contributed by atoms with Crippen LogP contribution in [-0.2, 0) is 6.54 Å². The second-order valence-electron chi connectivity index (χ2n) is 5.87. The number of nitrogens with zero attached hydrogens (tertiary/aromatic N) is 1. The van der Waals surface area contributed by atoms with Crippen molar-refractivity contribution in [3.8, 4) is 5.75 Å². The molecule has 1 heterocycles. The summed E-state index contributed by atoms with van der Waals surface area (Å²) in [5.41, 5.74) is 1.09. The van der Waals surface area contributed by atoms with Crippen LogP contribution >= 0.6 is 11.6 Å². The predicted octanol–water partition coefficient (Wildman–Crippen LogP) is 4.20. The zero-order chi connectivity index (χ0) is 19.2. The van der Waals surface area contributed by atoms with Crippen LogP contribution in [0.25, 0.3) is 0 Å². The Hall–Kier alpha value is -3.05. The number of halogens is 1. The summed E-state index contributed by atoms with van der Waals surface area (Å²) in [7, 11) is 0. The molecule has 0 bridgehead atoms. The fourth-order valence-corrected chi connectivity index (χ4v) is 2.92. The molecule has 0 radical (unpaired) electrons. The van der Waals surface area contributed by atoms with Gasteiger partial charge in [-0.2, -0.15) is 0 Å². The van der Waals surface area contributed by atoms with Gasteiger partial charge in [0.1, 0.15) is 11.3 Å². The number of pyridine rings is 1. The molecular formula is C21H19ClN2O3. The molecule has 0 spiro atoms. The van der Waals surface area contributed by atoms with Crippen LogP contribution in [0, 0.1) is 0 Å². The van der Waals surface area contributed by atoms with E-state index < -0.39 is 5.91 Å². The Morgan fingerprint density at radius 3 is 2.70 bits per heavy atom. The largest absolute Gasteiger partial charge is 0.492 e. The highest BCUT2D eigenvalue weighted by Crippen LogP contribution is 2.24. The third kappa shape index (κ3) is 4.57. The average Bonchev–Trinajstić information content (AvgIpc) is 2.65. The van der Waals surface area contributed by atoms with Gasteiger partial charge in [-0.3, -0.25) is 9.59 Å². The van der Waals surface area contributed by atoms with Crippen LogP contribution in [0.15, 0.2) is 71.7 Å². The molecule has 27 heavy (non-hydrogen) atoms. The lowest BCUT2D eigenvalue weighted by atomic mass is 10.2. The van der Waals surface area contributed by atoms with E-state index in [9.17, 15) is 9.59 Å². The van der Waals surface area contributed by atoms with Crippen molar-refractivity contribution in [1.82, 2.24) is 4.57 Å². The first-order valence-electron chi connectivity index (χ1n) is 8.55. The summed E-state index contributed by atoms with van der Waals surface area (Å²) in [5.74, 6) is 0.0798. The van der Waals surface area contributed by atoms with Gasteiger partial charge in [0.2, 0.25) is 0 Å². The molecule has 3 rings (SSSR count). The third-order valence-corrected chi connectivity index (χ3v) is 4.18. The van der Waals surface area contributed by atoms with Crippen LogP contribution < -0.4 is 15.6 Å². The van der Waals surface area contributed by atoms with Gasteiger partial charge >= 0.3 is 0 Å². The van der Waals surface area contributed by atoms with E-state index in [1.807, 2.05) is 25.1 Å². The summed E-state index contributed by atoms with van der Waals surface area (Å²) < 4.78 is 6.99. The molecule has 0 aliphatic carbocycles. The topological polar surface area (TPSA) is 60.3 Å². The number of ether oxygens (including phenoxy) is 1. The van der Waals surface area contributed by atoms with Gasteiger partial charge in [-0.25, -0.2) is 0 Å². The van der Waals surface area contributed by atoms with E-state index in [-0.39, 0.29) is 11.1 Å². The Morgan fingerprint density at radius 2 is 1.93 bits per heavy atom. The minimum atomic E-state index is -0.479. The van der Waals surface area contributed by atoms with Crippen molar-refractivity contribution in [2.75, 3.05) is 11.9 Å². The van der Waals surface area contributed by atoms with Crippen LogP contribution in [0.2, 0.25) is 5.02 Å². The Bertz CT molecular complexity index is 1010. The molecule has 0 unspecified atom stereocenters. The molecule has 3 aromatic rings. The number of amides is 1. The standard InChI is InChI=1S/C21H19ClN2O3/c1-2-27-19-11-4-3-10-18(19)23-20(25)17-9-6-12-24(21(17)26)14-15-7-5-8-16(22)13-15/h3-13H,2,14H2,1H3,(H,23,25). The lowest BCUT2D eigenvalue weighted by Crippen LogP contribution is -2.29. The fourth-order valence-electron chi connectivity index (χ4n) is 2.71. The lowest BCUT2D eigenvalue weighted by Gasteiger charge is -2.12. The van der Waals surface area contributed by atoms with Gasteiger partial charge in [0.25, 0.3) is 11.5 Å². The summed E-state index contributed by atoms with van der Waals surface area (Å²) in [6.07, 6.45) is 1.65. The highest BCUT2D eigenvalue weighted by Gasteiger charge is 2.14. The van der Waals surface area contributed by atoms with E-state index in [0.29, 0.717) is 29.6 Å². The van der Waals surface area contributed by atoms with Crippen LogP contribution in [0.3, 0.4) is 0 Å². The van der Waals surface area contributed by atoms with Crippen molar-refractivity contribution >= 4 is 23.2 Å². The van der Waals surface area contributed by atoms with Gasteiger partial charge in [-0.15, -0.1) is 0 Å². The molecule has 138 valence electrons. The molecule has 6 heteroatoms. The second kappa shape index (κ2) is 8.56. The Morgan fingerprint density at radius 1 is 1.11 bits per heavy atom. The molecule has 1 N–H and O–H groups in total. The SMILES string of the molecule is CCOc1ccccc1NC(=O)c1cccn(Cc2cccc(Cl)c2)c1=O. The summed E-state index contributed by atoms with van der Waals surface area (Å²) in [5, 5.41) is 3.35. The van der Waals surface area contributed by atoms with E-state index in [2.05, 4.69) is 5.32 Å². The first kappa shape index (κ1) is 18.7. The number of rotatable bonds is 6. The Kier molecular flexibility index (Phi) is 5.94. The zero-order valence-electron chi connectivity index (χ0n) is 14.8. The second-order valence-corrected chi connectivity index (χ2v) is 6.30. The first-order valence-corrected chi connectivity index (χ1v) is 8.93. The van der Waals surface area contributed by atoms with Crippen LogP contribution in [0.1, 0.15) is 22.8 Å². The third-order valence-electron chi connectivity index (χ3n) is 3.94. The summed E-state index contributed by atoms with van der Waals surface area (Å²) in [6, 6.07) is 17.6. The van der Waals surface area contributed by atoms with Gasteiger partial charge < -0.3 is 14.6 Å². The molecular weight excluding hydrogens is 364 g/mol. The molecule has 0 atom stereocenters. The predicted molar refractivity (Wildman–Crippen MR) is 107 cm³/mol. The number of aromatic nitrogens is 1. The molecule has 2 aromatic carbocycles. The van der Waals surface area contributed by atoms with Gasteiger partial charge in [0.15, 0.2) is 0 Å². The molecule has 5 nitrogen and oxygen atoms in total. The van der Waals surface area contributed by atoms with Crippen molar-refractivity contribution in [3.05, 3.63) is 93.4 Å². The van der Waals surface area contributed by atoms with Crippen molar-refractivity contribution in [1.29, 1.82) is 0 Å². The number of hydrogen-bond donors (Lipinski definition) is 1. The van der Waals surface area contributed by atoms with E-state index in [0.717, 1.165) is 5.56 Å². The molecule has 0 fully saturated rings. The minimum Gasteiger partial charge on any atom is -0.492 e. The van der Waals surface area contributed by atoms with Crippen LogP contribution in [0.4, 0.5) is 5.69 Å². The van der Waals surface area contributed by atoms with Gasteiger partial charge in [0, 0.05) is 11.2 Å². The molecule has 0 aliphatic rings. The number of carbonyl (C=O) groups excluding carboxylic acids is 1. The van der Waals surface area contributed by atoms with E-state index in [4.69, 9.17) is 16.3 Å². The smallest absolute Gasteiger partial charge is 0.263 e. The maximum absolute atomic E-state index is 12.7. The van der Waals surface area contributed by atoms with Gasteiger partial charge in [0.05, 0.1) is 18.8 Å². The van der Waals surface area contributed by atoms with Crippen LogP contribution in [-0.4, -0.2) is 17.1 Å². The van der Waals surface area contributed by atoms with Crippen molar-refractivity contribution in [2.45, 2.75) is 13.5 Å². The van der Waals surface area contributed by atoms with E-state index in [1.54, 1.807) is 42.6 Å². The van der Waals surface area contributed by atoms with Crippen LogP contribution in [0.5, 0.6) is 5.75 Å². The number of hydrogen-bond acceptors (Lipinski definition) is 3. The minimum absolute atomic E-state index is 0.0610. The van der Waals surface area contributed by atoms with Crippen molar-refractivity contribution in [3.63, 3.8) is 0 Å². The maximum atomic E-state index is 12.7. The highest BCUT2D eigenvalue weighted by molar-refractivity contribution is 6.30. The van der Waals surface area contributed by atoms with Crippen molar-refractivity contribution in [2.24, 2.45) is 0 Å². The van der Waals surface area contributed by atoms with E-state index >= 15 is 0 Å². The Balaban J connectivity index is 1.85. The number of benzene rings is 2. The molecule has 0 saturated carbocycles.